The highest BCUT2D eigenvalue weighted by molar-refractivity contribution is 6.43. The van der Waals surface area contributed by atoms with Gasteiger partial charge in [0.1, 0.15) is 11.6 Å². The third kappa shape index (κ3) is 4.42. The molecule has 4 aromatic carbocycles. The van der Waals surface area contributed by atoms with E-state index in [9.17, 15) is 8.78 Å². The van der Waals surface area contributed by atoms with Crippen LogP contribution in [0.5, 0.6) is 0 Å². The van der Waals surface area contributed by atoms with Crippen molar-refractivity contribution in [3.63, 3.8) is 0 Å². The van der Waals surface area contributed by atoms with Crippen LogP contribution in [-0.4, -0.2) is 28.1 Å². The fourth-order valence-corrected chi connectivity index (χ4v) is 6.44. The lowest BCUT2D eigenvalue weighted by Crippen LogP contribution is -2.19. The van der Waals surface area contributed by atoms with Crippen LogP contribution in [0.4, 0.5) is 17.4 Å². The summed E-state index contributed by atoms with van der Waals surface area (Å²) in [5.41, 5.74) is 4.41. The van der Waals surface area contributed by atoms with Gasteiger partial charge in [0.25, 0.3) is 0 Å². The van der Waals surface area contributed by atoms with Gasteiger partial charge < -0.3 is 4.48 Å². The van der Waals surface area contributed by atoms with E-state index in [-0.39, 0.29) is 12.1 Å². The molecule has 0 bridgehead atoms. The lowest BCUT2D eigenvalue weighted by Gasteiger charge is -2.17. The van der Waals surface area contributed by atoms with Gasteiger partial charge in [-0.1, -0.05) is 48.5 Å². The highest BCUT2D eigenvalue weighted by Gasteiger charge is 2.33. The van der Waals surface area contributed by atoms with Gasteiger partial charge >= 0.3 is 7.40 Å². The molecule has 45 heavy (non-hydrogen) atoms. The van der Waals surface area contributed by atoms with Crippen LogP contribution < -0.4 is 0 Å². The van der Waals surface area contributed by atoms with Crippen molar-refractivity contribution >= 4 is 57.2 Å². The maximum Gasteiger partial charge on any atom is 0.677 e. The van der Waals surface area contributed by atoms with E-state index in [2.05, 4.69) is 9.97 Å². The summed E-state index contributed by atoms with van der Waals surface area (Å²) in [4.78, 5) is 13.3. The van der Waals surface area contributed by atoms with Crippen molar-refractivity contribution in [2.24, 2.45) is 4.99 Å². The molecule has 0 fully saturated rings. The van der Waals surface area contributed by atoms with Crippen molar-refractivity contribution in [2.45, 2.75) is 6.42 Å². The summed E-state index contributed by atoms with van der Waals surface area (Å²) in [5, 5.41) is 4.65. The third-order valence-electron chi connectivity index (χ3n) is 8.42. The Labute approximate surface area is 255 Å². The highest BCUT2D eigenvalue weighted by atomic mass is 19.2. The number of nitrogens with zero attached hydrogens (tertiary/aromatic N) is 4. The maximum absolute atomic E-state index is 15.6. The molecule has 3 aromatic heterocycles. The molecule has 1 aliphatic heterocycles. The Morgan fingerprint density at radius 3 is 2.04 bits per heavy atom. The molecule has 0 atom stereocenters. The molecule has 0 amide bonds. The van der Waals surface area contributed by atoms with E-state index in [0.717, 1.165) is 37.1 Å². The zero-order chi connectivity index (χ0) is 30.7. The van der Waals surface area contributed by atoms with E-state index in [1.807, 2.05) is 36.4 Å². The number of fused-ring (bicyclic) bond motifs is 6. The van der Waals surface area contributed by atoms with Crippen molar-refractivity contribution < 1.29 is 17.4 Å². The topological polar surface area (TPSA) is 43.1 Å². The first-order valence-corrected chi connectivity index (χ1v) is 14.3. The van der Waals surface area contributed by atoms with Gasteiger partial charge in [0.05, 0.1) is 11.4 Å². The molecule has 0 spiro atoms. The Hall–Kier alpha value is -5.57. The quantitative estimate of drug-likeness (QED) is 0.147. The summed E-state index contributed by atoms with van der Waals surface area (Å²) in [6.07, 6.45) is 8.67. The van der Waals surface area contributed by atoms with E-state index in [1.54, 1.807) is 55.3 Å². The average Bonchev–Trinajstić information content (AvgIpc) is 3.63. The number of hydrogen-bond donors (Lipinski definition) is 0. The van der Waals surface area contributed by atoms with Gasteiger partial charge in [0.15, 0.2) is 0 Å². The number of benzene rings is 4. The molecule has 8 rings (SSSR count). The van der Waals surface area contributed by atoms with Crippen molar-refractivity contribution in [1.29, 1.82) is 0 Å². The molecule has 0 saturated heterocycles. The SMILES string of the molecule is FB(F)n1c(/C(=C2\N=Cc3c2ccc2cnccc32)c2ccc(F)cc2)c2ccc3cnccc3c2c1Cc1ccc(F)cc1. The largest absolute Gasteiger partial charge is 0.677 e. The zero-order valence-electron chi connectivity index (χ0n) is 23.6. The molecule has 9 heteroatoms. The summed E-state index contributed by atoms with van der Waals surface area (Å²) in [7, 11) is -2.94. The Morgan fingerprint density at radius 1 is 0.689 bits per heavy atom. The molecule has 4 nitrogen and oxygen atoms in total. The summed E-state index contributed by atoms with van der Waals surface area (Å²) in [6.45, 7) is 0. The third-order valence-corrected chi connectivity index (χ3v) is 8.42. The van der Waals surface area contributed by atoms with Crippen LogP contribution in [0.2, 0.25) is 0 Å². The maximum atomic E-state index is 15.6. The number of halogens is 4. The summed E-state index contributed by atoms with van der Waals surface area (Å²) in [6, 6.07) is 23.0. The summed E-state index contributed by atoms with van der Waals surface area (Å²) < 4.78 is 60.3. The van der Waals surface area contributed by atoms with Crippen LogP contribution in [0.25, 0.3) is 43.6 Å². The Morgan fingerprint density at radius 2 is 1.33 bits per heavy atom. The van der Waals surface area contributed by atoms with Crippen LogP contribution in [0, 0.1) is 11.6 Å². The van der Waals surface area contributed by atoms with Gasteiger partial charge in [-0.2, -0.15) is 0 Å². The van der Waals surface area contributed by atoms with Gasteiger partial charge in [-0.25, -0.2) is 8.78 Å². The van der Waals surface area contributed by atoms with Crippen LogP contribution in [0.1, 0.15) is 33.6 Å². The lowest BCUT2D eigenvalue weighted by atomic mass is 9.92. The second-order valence-corrected chi connectivity index (χ2v) is 10.9. The van der Waals surface area contributed by atoms with Gasteiger partial charge in [-0.05, 0) is 58.3 Å². The summed E-state index contributed by atoms with van der Waals surface area (Å²) >= 11 is 0. The van der Waals surface area contributed by atoms with Crippen molar-refractivity contribution in [1.82, 2.24) is 14.4 Å². The van der Waals surface area contributed by atoms with E-state index >= 15 is 8.63 Å². The van der Waals surface area contributed by atoms with E-state index in [0.29, 0.717) is 38.9 Å². The van der Waals surface area contributed by atoms with Crippen LogP contribution in [0.3, 0.4) is 0 Å². The minimum atomic E-state index is -2.94. The lowest BCUT2D eigenvalue weighted by molar-refractivity contribution is 0.621. The molecular weight excluding hydrogens is 575 g/mol. The fourth-order valence-electron chi connectivity index (χ4n) is 6.44. The Bertz CT molecular complexity index is 2340. The number of aromatic nitrogens is 3. The molecule has 0 N–H and O–H groups in total. The first-order chi connectivity index (χ1) is 22.0. The van der Waals surface area contributed by atoms with Crippen LogP contribution >= 0.6 is 0 Å². The molecule has 1 aliphatic rings. The molecule has 0 aliphatic carbocycles. The van der Waals surface area contributed by atoms with Crippen molar-refractivity contribution in [3.8, 4) is 0 Å². The molecule has 4 heterocycles. The Balaban J connectivity index is 1.52. The normalized spacial score (nSPS) is 13.6. The van der Waals surface area contributed by atoms with Crippen LogP contribution in [-0.2, 0) is 6.42 Å². The first kappa shape index (κ1) is 27.0. The predicted octanol–water partition coefficient (Wildman–Crippen LogP) is 8.73. The molecule has 216 valence electrons. The number of aliphatic imine (C=N–C) groups is 1. The van der Waals surface area contributed by atoms with Gasteiger partial charge in [0, 0.05) is 81.4 Å². The number of pyridine rings is 2. The monoisotopic (exact) mass is 596 g/mol. The Kier molecular flexibility index (Phi) is 6.34. The van der Waals surface area contributed by atoms with E-state index < -0.39 is 19.0 Å². The second-order valence-electron chi connectivity index (χ2n) is 10.9. The summed E-state index contributed by atoms with van der Waals surface area (Å²) in [5.74, 6) is -0.851. The number of hydrogen-bond acceptors (Lipinski definition) is 3. The smallest absolute Gasteiger partial charge is 0.327 e. The average molecular weight is 596 g/mol. The fraction of sp³-hybridized carbons (Fsp3) is 0.0278. The van der Waals surface area contributed by atoms with E-state index in [1.165, 1.54) is 24.3 Å². The van der Waals surface area contributed by atoms with Gasteiger partial charge in [0.2, 0.25) is 0 Å². The van der Waals surface area contributed by atoms with E-state index in [4.69, 9.17) is 4.99 Å². The zero-order valence-corrected chi connectivity index (χ0v) is 23.6. The minimum absolute atomic E-state index is 0.117. The van der Waals surface area contributed by atoms with Crippen molar-refractivity contribution in [3.05, 3.63) is 155 Å². The molecule has 0 unspecified atom stereocenters. The molecular formula is C36H21BF4N4. The first-order valence-electron chi connectivity index (χ1n) is 14.3. The number of rotatable bonds is 5. The van der Waals surface area contributed by atoms with Crippen molar-refractivity contribution in [2.75, 3.05) is 0 Å². The highest BCUT2D eigenvalue weighted by Crippen LogP contribution is 2.45. The predicted molar refractivity (Wildman–Crippen MR) is 171 cm³/mol. The van der Waals surface area contributed by atoms with Gasteiger partial charge in [-0.15, -0.1) is 0 Å². The standard InChI is InChI=1S/C36H21BF4N4/c38-25-7-1-21(2-8-25)17-32-34-28-14-16-43-19-24(28)6-12-30(34)36(45(32)37(40)41)33(22-3-9-26(39)10-4-22)35-29-11-5-23-18-42-15-13-27(23)31(29)20-44-35/h1-16,18-20H,17H2/b35-33-. The molecule has 0 radical (unpaired) electrons. The van der Waals surface area contributed by atoms with Crippen LogP contribution in [0.15, 0.2) is 115 Å². The second kappa shape index (κ2) is 10.6. The molecule has 0 saturated carbocycles. The minimum Gasteiger partial charge on any atom is -0.327 e. The van der Waals surface area contributed by atoms with Gasteiger partial charge in [-0.3, -0.25) is 23.6 Å². The molecule has 7 aromatic rings.